The van der Waals surface area contributed by atoms with Crippen molar-refractivity contribution < 1.29 is 0 Å². The third-order valence-corrected chi connectivity index (χ3v) is 5.10. The van der Waals surface area contributed by atoms with Crippen LogP contribution in [0.25, 0.3) is 0 Å². The van der Waals surface area contributed by atoms with E-state index in [0.717, 1.165) is 24.9 Å². The molecule has 0 radical (unpaired) electrons. The van der Waals surface area contributed by atoms with Gasteiger partial charge in [-0.2, -0.15) is 0 Å². The molecule has 1 unspecified atom stereocenters. The van der Waals surface area contributed by atoms with Crippen molar-refractivity contribution in [2.45, 2.75) is 58.0 Å². The highest BCUT2D eigenvalue weighted by Crippen LogP contribution is 2.36. The van der Waals surface area contributed by atoms with Crippen LogP contribution in [0.1, 0.15) is 46.5 Å². The number of likely N-dealkylation sites (tertiary alicyclic amines) is 1. The molecule has 2 aliphatic rings. The fourth-order valence-electron chi connectivity index (χ4n) is 3.13. The molecule has 106 valence electrons. The minimum atomic E-state index is 0.217. The van der Waals surface area contributed by atoms with Crippen LogP contribution < -0.4 is 11.1 Å². The molecule has 1 saturated heterocycles. The van der Waals surface area contributed by atoms with Crippen LogP contribution in [0, 0.1) is 11.8 Å². The average molecular weight is 253 g/mol. The molecule has 1 aliphatic carbocycles. The molecule has 0 bridgehead atoms. The minimum absolute atomic E-state index is 0.217. The molecule has 0 amide bonds. The van der Waals surface area contributed by atoms with Crippen LogP contribution >= 0.6 is 0 Å². The van der Waals surface area contributed by atoms with E-state index in [1.807, 2.05) is 0 Å². The third kappa shape index (κ3) is 3.46. The molecule has 0 aromatic heterocycles. The Balaban J connectivity index is 1.79. The smallest absolute Gasteiger partial charge is 0.0328 e. The van der Waals surface area contributed by atoms with Gasteiger partial charge in [0.05, 0.1) is 0 Å². The van der Waals surface area contributed by atoms with Crippen LogP contribution in [0.3, 0.4) is 0 Å². The molecule has 0 aromatic rings. The van der Waals surface area contributed by atoms with E-state index in [1.54, 1.807) is 0 Å². The van der Waals surface area contributed by atoms with Gasteiger partial charge in [-0.25, -0.2) is 0 Å². The minimum Gasteiger partial charge on any atom is -0.329 e. The number of nitrogens with zero attached hydrogens (tertiary/aromatic N) is 1. The predicted octanol–water partition coefficient (Wildman–Crippen LogP) is 1.82. The maximum Gasteiger partial charge on any atom is 0.0328 e. The predicted molar refractivity (Wildman–Crippen MR) is 77.6 cm³/mol. The maximum absolute atomic E-state index is 6.06. The molecule has 0 spiro atoms. The van der Waals surface area contributed by atoms with Gasteiger partial charge in [0.15, 0.2) is 0 Å². The zero-order valence-electron chi connectivity index (χ0n) is 12.4. The summed E-state index contributed by atoms with van der Waals surface area (Å²) in [4.78, 5) is 2.57. The Kier molecular flexibility index (Phi) is 4.68. The van der Waals surface area contributed by atoms with Gasteiger partial charge in [0, 0.05) is 31.2 Å². The Hall–Kier alpha value is -0.120. The van der Waals surface area contributed by atoms with Crippen LogP contribution in [0.5, 0.6) is 0 Å². The van der Waals surface area contributed by atoms with Crippen LogP contribution in [0.4, 0.5) is 0 Å². The molecule has 3 N–H and O–H groups in total. The number of piperidine rings is 1. The molecule has 1 heterocycles. The van der Waals surface area contributed by atoms with Gasteiger partial charge in [0.1, 0.15) is 0 Å². The summed E-state index contributed by atoms with van der Waals surface area (Å²) in [5, 5.41) is 3.81. The summed E-state index contributed by atoms with van der Waals surface area (Å²) in [6.07, 6.45) is 5.30. The highest BCUT2D eigenvalue weighted by atomic mass is 15.2. The highest BCUT2D eigenvalue weighted by molar-refractivity contribution is 4.95. The molecule has 1 aliphatic heterocycles. The van der Waals surface area contributed by atoms with Gasteiger partial charge in [-0.15, -0.1) is 0 Å². The normalized spacial score (nSPS) is 26.5. The molecular formula is C15H31N3. The summed E-state index contributed by atoms with van der Waals surface area (Å²) < 4.78 is 0. The van der Waals surface area contributed by atoms with Gasteiger partial charge in [0.25, 0.3) is 0 Å². The summed E-state index contributed by atoms with van der Waals surface area (Å²) in [6, 6.07) is 0.672. The van der Waals surface area contributed by atoms with E-state index in [-0.39, 0.29) is 5.54 Å². The highest BCUT2D eigenvalue weighted by Gasteiger charge is 2.35. The lowest BCUT2D eigenvalue weighted by Crippen LogP contribution is -2.59. The van der Waals surface area contributed by atoms with E-state index in [9.17, 15) is 0 Å². The van der Waals surface area contributed by atoms with Crippen LogP contribution in [0.15, 0.2) is 0 Å². The molecule has 3 heteroatoms. The first-order chi connectivity index (χ1) is 8.56. The van der Waals surface area contributed by atoms with Crippen molar-refractivity contribution in [2.75, 3.05) is 26.2 Å². The number of nitrogens with one attached hydrogen (secondary N) is 1. The second-order valence-corrected chi connectivity index (χ2v) is 6.81. The van der Waals surface area contributed by atoms with Crippen molar-refractivity contribution in [1.82, 2.24) is 10.2 Å². The van der Waals surface area contributed by atoms with Crippen molar-refractivity contribution in [3.8, 4) is 0 Å². The summed E-state index contributed by atoms with van der Waals surface area (Å²) in [6.45, 7) is 11.3. The summed E-state index contributed by atoms with van der Waals surface area (Å²) in [5.41, 5.74) is 6.27. The molecule has 2 fully saturated rings. The lowest BCUT2D eigenvalue weighted by Gasteiger charge is -2.44. The Labute approximate surface area is 112 Å². The van der Waals surface area contributed by atoms with Gasteiger partial charge in [0.2, 0.25) is 0 Å². The van der Waals surface area contributed by atoms with Gasteiger partial charge in [-0.1, -0.05) is 6.92 Å². The van der Waals surface area contributed by atoms with E-state index in [1.165, 1.54) is 38.8 Å². The molecular weight excluding hydrogens is 222 g/mol. The van der Waals surface area contributed by atoms with Gasteiger partial charge >= 0.3 is 0 Å². The van der Waals surface area contributed by atoms with E-state index in [0.29, 0.717) is 6.04 Å². The van der Waals surface area contributed by atoms with Gasteiger partial charge in [-0.3, -0.25) is 0 Å². The van der Waals surface area contributed by atoms with Crippen LogP contribution in [0.2, 0.25) is 0 Å². The van der Waals surface area contributed by atoms with Crippen molar-refractivity contribution >= 4 is 0 Å². The largest absolute Gasteiger partial charge is 0.329 e. The topological polar surface area (TPSA) is 41.3 Å². The van der Waals surface area contributed by atoms with E-state index in [4.69, 9.17) is 5.73 Å². The Morgan fingerprint density at radius 1 is 1.22 bits per heavy atom. The Bertz CT molecular complexity index is 252. The fourth-order valence-corrected chi connectivity index (χ4v) is 3.13. The Morgan fingerprint density at radius 3 is 2.28 bits per heavy atom. The number of nitrogens with two attached hydrogens (primary N) is 1. The third-order valence-electron chi connectivity index (χ3n) is 5.10. The first-order valence-electron chi connectivity index (χ1n) is 7.75. The molecule has 2 rings (SSSR count). The van der Waals surface area contributed by atoms with E-state index >= 15 is 0 Å². The lowest BCUT2D eigenvalue weighted by molar-refractivity contribution is 0.111. The second kappa shape index (κ2) is 5.89. The van der Waals surface area contributed by atoms with Crippen LogP contribution in [-0.2, 0) is 0 Å². The molecule has 3 nitrogen and oxygen atoms in total. The lowest BCUT2D eigenvalue weighted by atomic mass is 9.86. The molecule has 0 aromatic carbocycles. The monoisotopic (exact) mass is 253 g/mol. The van der Waals surface area contributed by atoms with E-state index < -0.39 is 0 Å². The number of hydrogen-bond acceptors (Lipinski definition) is 3. The molecule has 1 atom stereocenters. The standard InChI is InChI=1S/C15H31N3/c1-12(2)18-8-6-15(11-16,7-9-18)17-10-13(3)14-4-5-14/h12-14,17H,4-11,16H2,1-3H3. The summed E-state index contributed by atoms with van der Waals surface area (Å²) in [7, 11) is 0. The van der Waals surface area contributed by atoms with Crippen molar-refractivity contribution in [2.24, 2.45) is 17.6 Å². The number of hydrogen-bond donors (Lipinski definition) is 2. The molecule has 18 heavy (non-hydrogen) atoms. The first kappa shape index (κ1) is 14.3. The SMILES string of the molecule is CC(CNC1(CN)CCN(C(C)C)CC1)C1CC1. The van der Waals surface area contributed by atoms with Crippen molar-refractivity contribution in [1.29, 1.82) is 0 Å². The fraction of sp³-hybridized carbons (Fsp3) is 1.00. The maximum atomic E-state index is 6.06. The first-order valence-corrected chi connectivity index (χ1v) is 7.75. The Morgan fingerprint density at radius 2 is 1.83 bits per heavy atom. The molecule has 1 saturated carbocycles. The van der Waals surface area contributed by atoms with Crippen LogP contribution in [-0.4, -0.2) is 42.7 Å². The summed E-state index contributed by atoms with van der Waals surface area (Å²) in [5.74, 6) is 1.82. The zero-order chi connectivity index (χ0) is 13.2. The van der Waals surface area contributed by atoms with E-state index in [2.05, 4.69) is 31.0 Å². The zero-order valence-corrected chi connectivity index (χ0v) is 12.4. The summed E-state index contributed by atoms with van der Waals surface area (Å²) >= 11 is 0. The quantitative estimate of drug-likeness (QED) is 0.759. The average Bonchev–Trinajstić information content (AvgIpc) is 3.20. The number of rotatable bonds is 6. The second-order valence-electron chi connectivity index (χ2n) is 6.81. The van der Waals surface area contributed by atoms with Crippen molar-refractivity contribution in [3.05, 3.63) is 0 Å². The van der Waals surface area contributed by atoms with Gasteiger partial charge in [-0.05, 0) is 57.9 Å². The van der Waals surface area contributed by atoms with Crippen molar-refractivity contribution in [3.63, 3.8) is 0 Å². The van der Waals surface area contributed by atoms with Gasteiger partial charge < -0.3 is 16.0 Å².